The molecule has 1 N–H and O–H groups in total. The van der Waals surface area contributed by atoms with Crippen molar-refractivity contribution < 1.29 is 0 Å². The van der Waals surface area contributed by atoms with Crippen LogP contribution in [0.1, 0.15) is 30.0 Å². The van der Waals surface area contributed by atoms with Gasteiger partial charge in [0.2, 0.25) is 0 Å². The topological polar surface area (TPSA) is 48.7 Å². The summed E-state index contributed by atoms with van der Waals surface area (Å²) < 4.78 is 0. The van der Waals surface area contributed by atoms with E-state index >= 15 is 0 Å². The molecule has 0 saturated carbocycles. The van der Waals surface area contributed by atoms with Crippen molar-refractivity contribution >= 4 is 0 Å². The molecular formula is C11H13N3. The zero-order chi connectivity index (χ0) is 9.80. The van der Waals surface area contributed by atoms with E-state index in [0.717, 1.165) is 13.1 Å². The number of hydrogen-bond acceptors (Lipinski definition) is 3. The van der Waals surface area contributed by atoms with Gasteiger partial charge in [-0.2, -0.15) is 5.26 Å². The number of nitrogens with one attached hydrogen (secondary N) is 1. The Hall–Kier alpha value is -1.40. The van der Waals surface area contributed by atoms with Crippen LogP contribution in [0.2, 0.25) is 0 Å². The summed E-state index contributed by atoms with van der Waals surface area (Å²) >= 11 is 0. The third kappa shape index (κ3) is 1.91. The number of aromatic nitrogens is 1. The van der Waals surface area contributed by atoms with Crippen molar-refractivity contribution in [2.75, 3.05) is 13.1 Å². The summed E-state index contributed by atoms with van der Waals surface area (Å²) in [6.07, 6.45) is 4.19. The van der Waals surface area contributed by atoms with E-state index in [1.807, 2.05) is 18.3 Å². The number of nitrogens with zero attached hydrogens (tertiary/aromatic N) is 2. The van der Waals surface area contributed by atoms with Gasteiger partial charge >= 0.3 is 0 Å². The van der Waals surface area contributed by atoms with Crippen molar-refractivity contribution in [3.8, 4) is 6.07 Å². The first-order chi connectivity index (χ1) is 6.90. The summed E-state index contributed by atoms with van der Waals surface area (Å²) in [5.74, 6) is 0.622. The normalized spacial score (nSPS) is 17.6. The van der Waals surface area contributed by atoms with Crippen LogP contribution in [0, 0.1) is 11.3 Å². The quantitative estimate of drug-likeness (QED) is 0.723. The molecule has 0 unspecified atom stereocenters. The third-order valence-electron chi connectivity index (χ3n) is 2.71. The summed E-state index contributed by atoms with van der Waals surface area (Å²) in [7, 11) is 0. The van der Waals surface area contributed by atoms with E-state index in [1.165, 1.54) is 18.4 Å². The molecule has 1 aliphatic heterocycles. The molecule has 1 aliphatic rings. The Kier molecular flexibility index (Phi) is 2.76. The molecule has 0 radical (unpaired) electrons. The van der Waals surface area contributed by atoms with Gasteiger partial charge in [0.15, 0.2) is 0 Å². The molecule has 0 spiro atoms. The monoisotopic (exact) mass is 187 g/mol. The lowest BCUT2D eigenvalue weighted by atomic mass is 9.91. The number of piperidine rings is 1. The van der Waals surface area contributed by atoms with E-state index in [2.05, 4.69) is 10.3 Å². The van der Waals surface area contributed by atoms with Gasteiger partial charge in [-0.25, -0.2) is 4.98 Å². The number of nitriles is 1. The highest BCUT2D eigenvalue weighted by Gasteiger charge is 2.14. The Balaban J connectivity index is 2.12. The lowest BCUT2D eigenvalue weighted by Crippen LogP contribution is -2.26. The van der Waals surface area contributed by atoms with Gasteiger partial charge in [-0.15, -0.1) is 0 Å². The van der Waals surface area contributed by atoms with Crippen molar-refractivity contribution in [2.45, 2.75) is 18.8 Å². The van der Waals surface area contributed by atoms with Gasteiger partial charge in [-0.1, -0.05) is 6.07 Å². The van der Waals surface area contributed by atoms with Crippen LogP contribution in [0.4, 0.5) is 0 Å². The smallest absolute Gasteiger partial charge is 0.140 e. The van der Waals surface area contributed by atoms with Crippen LogP contribution in [-0.4, -0.2) is 18.1 Å². The van der Waals surface area contributed by atoms with Crippen molar-refractivity contribution in [3.05, 3.63) is 29.6 Å². The fraction of sp³-hybridized carbons (Fsp3) is 0.455. The highest BCUT2D eigenvalue weighted by atomic mass is 14.9. The second kappa shape index (κ2) is 4.21. The van der Waals surface area contributed by atoms with Crippen molar-refractivity contribution in [2.24, 2.45) is 0 Å². The molecule has 0 aromatic carbocycles. The highest BCUT2D eigenvalue weighted by molar-refractivity contribution is 5.25. The molecule has 72 valence electrons. The average Bonchev–Trinajstić information content (AvgIpc) is 2.30. The summed E-state index contributed by atoms with van der Waals surface area (Å²) in [5, 5.41) is 12.0. The molecule has 3 heteroatoms. The zero-order valence-electron chi connectivity index (χ0n) is 8.03. The predicted octanol–water partition coefficient (Wildman–Crippen LogP) is 1.42. The second-order valence-electron chi connectivity index (χ2n) is 3.61. The first kappa shape index (κ1) is 9.17. The van der Waals surface area contributed by atoms with E-state index in [4.69, 9.17) is 5.26 Å². The maximum absolute atomic E-state index is 8.62. The van der Waals surface area contributed by atoms with Crippen molar-refractivity contribution in [3.63, 3.8) is 0 Å². The van der Waals surface area contributed by atoms with Gasteiger partial charge in [0, 0.05) is 6.20 Å². The molecule has 3 nitrogen and oxygen atoms in total. The number of hydrogen-bond donors (Lipinski definition) is 1. The van der Waals surface area contributed by atoms with Gasteiger partial charge < -0.3 is 5.32 Å². The van der Waals surface area contributed by atoms with Gasteiger partial charge in [-0.05, 0) is 43.5 Å². The van der Waals surface area contributed by atoms with E-state index < -0.39 is 0 Å². The van der Waals surface area contributed by atoms with E-state index in [-0.39, 0.29) is 0 Å². The molecule has 0 aliphatic carbocycles. The van der Waals surface area contributed by atoms with Gasteiger partial charge in [0.25, 0.3) is 0 Å². The molecular weight excluding hydrogens is 174 g/mol. The van der Waals surface area contributed by atoms with Crippen LogP contribution >= 0.6 is 0 Å². The largest absolute Gasteiger partial charge is 0.317 e. The molecule has 1 saturated heterocycles. The summed E-state index contributed by atoms with van der Waals surface area (Å²) in [5.41, 5.74) is 1.77. The molecule has 2 rings (SSSR count). The van der Waals surface area contributed by atoms with Gasteiger partial charge in [0.1, 0.15) is 11.8 Å². The molecule has 1 aromatic rings. The van der Waals surface area contributed by atoms with Crippen LogP contribution in [0.3, 0.4) is 0 Å². The first-order valence-electron chi connectivity index (χ1n) is 4.97. The van der Waals surface area contributed by atoms with Crippen LogP contribution in [0.25, 0.3) is 0 Å². The van der Waals surface area contributed by atoms with Crippen LogP contribution in [-0.2, 0) is 0 Å². The van der Waals surface area contributed by atoms with Gasteiger partial charge in [0.05, 0.1) is 0 Å². The maximum atomic E-state index is 8.62. The fourth-order valence-electron chi connectivity index (χ4n) is 1.87. The molecule has 2 heterocycles. The second-order valence-corrected chi connectivity index (χ2v) is 3.61. The Morgan fingerprint density at radius 2 is 2.14 bits per heavy atom. The zero-order valence-corrected chi connectivity index (χ0v) is 8.03. The van der Waals surface area contributed by atoms with Crippen molar-refractivity contribution in [1.29, 1.82) is 5.26 Å². The van der Waals surface area contributed by atoms with Crippen LogP contribution in [0.5, 0.6) is 0 Å². The lowest BCUT2D eigenvalue weighted by Gasteiger charge is -2.22. The molecule has 0 amide bonds. The lowest BCUT2D eigenvalue weighted by molar-refractivity contribution is 0.459. The predicted molar refractivity (Wildman–Crippen MR) is 53.8 cm³/mol. The van der Waals surface area contributed by atoms with Gasteiger partial charge in [-0.3, -0.25) is 0 Å². The first-order valence-corrected chi connectivity index (χ1v) is 4.97. The minimum Gasteiger partial charge on any atom is -0.317 e. The summed E-state index contributed by atoms with van der Waals surface area (Å²) in [6.45, 7) is 2.18. The van der Waals surface area contributed by atoms with Crippen LogP contribution < -0.4 is 5.32 Å². The Bertz CT molecular complexity index is 331. The standard InChI is InChI=1S/C11H13N3/c12-7-11-2-1-10(8-14-11)9-3-5-13-6-4-9/h1-2,8-9,13H,3-6H2. The average molecular weight is 187 g/mol. The van der Waals surface area contributed by atoms with Crippen molar-refractivity contribution in [1.82, 2.24) is 10.3 Å². The van der Waals surface area contributed by atoms with E-state index in [1.54, 1.807) is 6.07 Å². The minimum absolute atomic E-state index is 0.502. The Morgan fingerprint density at radius 3 is 2.71 bits per heavy atom. The highest BCUT2D eigenvalue weighted by Crippen LogP contribution is 2.24. The minimum atomic E-state index is 0.502. The number of rotatable bonds is 1. The van der Waals surface area contributed by atoms with E-state index in [0.29, 0.717) is 11.6 Å². The number of pyridine rings is 1. The molecule has 0 atom stereocenters. The summed E-state index contributed by atoms with van der Waals surface area (Å²) in [4.78, 5) is 4.09. The van der Waals surface area contributed by atoms with Crippen LogP contribution in [0.15, 0.2) is 18.3 Å². The SMILES string of the molecule is N#Cc1ccc(C2CCNCC2)cn1. The Labute approximate surface area is 83.8 Å². The Morgan fingerprint density at radius 1 is 1.36 bits per heavy atom. The molecule has 1 fully saturated rings. The maximum Gasteiger partial charge on any atom is 0.140 e. The molecule has 1 aromatic heterocycles. The van der Waals surface area contributed by atoms with E-state index in [9.17, 15) is 0 Å². The third-order valence-corrected chi connectivity index (χ3v) is 2.71. The molecule has 14 heavy (non-hydrogen) atoms. The molecule has 0 bridgehead atoms. The fourth-order valence-corrected chi connectivity index (χ4v) is 1.87. The summed E-state index contributed by atoms with van der Waals surface area (Å²) in [6, 6.07) is 5.87.